The number of carbonyl (C=O) groups excluding carboxylic acids is 1. The molecule has 7 nitrogen and oxygen atoms in total. The zero-order valence-electron chi connectivity index (χ0n) is 14.2. The van der Waals surface area contributed by atoms with Gasteiger partial charge < -0.3 is 0 Å². The highest BCUT2D eigenvalue weighted by molar-refractivity contribution is 7.89. The molecule has 27 heavy (non-hydrogen) atoms. The van der Waals surface area contributed by atoms with Gasteiger partial charge in [-0.25, -0.2) is 12.8 Å². The molecular formula is C18H15FN4O3S. The second kappa shape index (κ2) is 7.60. The van der Waals surface area contributed by atoms with E-state index >= 15 is 0 Å². The maximum Gasteiger partial charge on any atom is 0.269 e. The SMILES string of the molecule is Cc1c(-c2ccnnc2)ccc(C(=O)NNS(=O)(=O)c2ccccc2)c1F. The zero-order chi connectivity index (χ0) is 19.4. The standard InChI is InChI=1S/C18H15FN4O3S/c1-12-15(13-9-10-20-21-11-13)7-8-16(17(12)19)18(24)22-23-27(25,26)14-5-3-2-4-6-14/h2-11,23H,1H3,(H,22,24). The number of aromatic nitrogens is 2. The van der Waals surface area contributed by atoms with Crippen LogP contribution in [0.1, 0.15) is 15.9 Å². The van der Waals surface area contributed by atoms with Crippen LogP contribution in [0.3, 0.4) is 0 Å². The van der Waals surface area contributed by atoms with E-state index in [1.807, 2.05) is 10.3 Å². The van der Waals surface area contributed by atoms with Gasteiger partial charge in [0.25, 0.3) is 15.9 Å². The highest BCUT2D eigenvalue weighted by atomic mass is 32.2. The minimum Gasteiger partial charge on any atom is -0.273 e. The quantitative estimate of drug-likeness (QED) is 0.655. The molecule has 0 spiro atoms. The number of carbonyl (C=O) groups is 1. The predicted molar refractivity (Wildman–Crippen MR) is 96.4 cm³/mol. The van der Waals surface area contributed by atoms with Crippen LogP contribution in [0.4, 0.5) is 4.39 Å². The van der Waals surface area contributed by atoms with Gasteiger partial charge in [-0.05, 0) is 42.3 Å². The van der Waals surface area contributed by atoms with E-state index in [0.29, 0.717) is 11.1 Å². The fraction of sp³-hybridized carbons (Fsp3) is 0.0556. The average molecular weight is 386 g/mol. The summed E-state index contributed by atoms with van der Waals surface area (Å²) < 4.78 is 38.9. The molecule has 3 rings (SSSR count). The number of rotatable bonds is 5. The van der Waals surface area contributed by atoms with Crippen LogP contribution in [0.25, 0.3) is 11.1 Å². The first-order chi connectivity index (χ1) is 12.9. The molecule has 0 aliphatic carbocycles. The molecule has 9 heteroatoms. The lowest BCUT2D eigenvalue weighted by atomic mass is 9.99. The number of benzene rings is 2. The summed E-state index contributed by atoms with van der Waals surface area (Å²) in [5.74, 6) is -1.66. The number of amides is 1. The molecule has 2 N–H and O–H groups in total. The van der Waals surface area contributed by atoms with Crippen molar-refractivity contribution in [3.8, 4) is 11.1 Å². The number of halogens is 1. The molecule has 0 aliphatic rings. The first-order valence-corrected chi connectivity index (χ1v) is 9.32. The van der Waals surface area contributed by atoms with Crippen molar-refractivity contribution in [3.05, 3.63) is 77.9 Å². The maximum absolute atomic E-state index is 14.7. The molecule has 3 aromatic rings. The fourth-order valence-corrected chi connectivity index (χ4v) is 3.32. The van der Waals surface area contributed by atoms with Gasteiger partial charge in [0.05, 0.1) is 22.9 Å². The summed E-state index contributed by atoms with van der Waals surface area (Å²) in [6, 6.07) is 12.0. The fourth-order valence-electron chi connectivity index (χ4n) is 2.46. The van der Waals surface area contributed by atoms with Crippen molar-refractivity contribution >= 4 is 15.9 Å². The largest absolute Gasteiger partial charge is 0.273 e. The summed E-state index contributed by atoms with van der Waals surface area (Å²) in [6.45, 7) is 1.52. The Morgan fingerprint density at radius 1 is 1.04 bits per heavy atom. The lowest BCUT2D eigenvalue weighted by Crippen LogP contribution is -2.41. The van der Waals surface area contributed by atoms with Gasteiger partial charge in [0, 0.05) is 5.56 Å². The van der Waals surface area contributed by atoms with Crippen LogP contribution in [-0.4, -0.2) is 24.5 Å². The van der Waals surface area contributed by atoms with Crippen LogP contribution in [0.5, 0.6) is 0 Å². The van der Waals surface area contributed by atoms with Gasteiger partial charge in [0.15, 0.2) is 0 Å². The maximum atomic E-state index is 14.7. The molecule has 0 saturated heterocycles. The molecule has 0 radical (unpaired) electrons. The van der Waals surface area contributed by atoms with E-state index in [1.165, 1.54) is 37.5 Å². The number of sulfonamides is 1. The molecule has 1 heterocycles. The third kappa shape index (κ3) is 3.99. The Balaban J connectivity index is 1.81. The molecule has 0 bridgehead atoms. The summed E-state index contributed by atoms with van der Waals surface area (Å²) in [7, 11) is -3.96. The number of hydrogen-bond acceptors (Lipinski definition) is 5. The minimum absolute atomic E-state index is 0.0255. The van der Waals surface area contributed by atoms with Crippen LogP contribution in [0.2, 0.25) is 0 Å². The van der Waals surface area contributed by atoms with Gasteiger partial charge in [0.1, 0.15) is 5.82 Å². The minimum atomic E-state index is -3.96. The predicted octanol–water partition coefficient (Wildman–Crippen LogP) is 2.21. The second-order valence-electron chi connectivity index (χ2n) is 5.60. The normalized spacial score (nSPS) is 11.2. The monoisotopic (exact) mass is 386 g/mol. The van der Waals surface area contributed by atoms with Crippen molar-refractivity contribution < 1.29 is 17.6 Å². The van der Waals surface area contributed by atoms with E-state index in [0.717, 1.165) is 0 Å². The Hall–Kier alpha value is -3.17. The third-order valence-electron chi connectivity index (χ3n) is 3.88. The van der Waals surface area contributed by atoms with Gasteiger partial charge in [-0.3, -0.25) is 10.2 Å². The summed E-state index contributed by atoms with van der Waals surface area (Å²) in [6.07, 6.45) is 2.96. The summed E-state index contributed by atoms with van der Waals surface area (Å²) >= 11 is 0. The lowest BCUT2D eigenvalue weighted by molar-refractivity contribution is 0.0941. The van der Waals surface area contributed by atoms with Crippen molar-refractivity contribution in [2.24, 2.45) is 0 Å². The van der Waals surface area contributed by atoms with Crippen molar-refractivity contribution in [3.63, 3.8) is 0 Å². The Labute approximate surface area is 155 Å². The molecule has 1 aromatic heterocycles. The summed E-state index contributed by atoms with van der Waals surface area (Å²) in [5.41, 5.74) is 3.19. The van der Waals surface area contributed by atoms with E-state index < -0.39 is 21.7 Å². The third-order valence-corrected chi connectivity index (χ3v) is 5.14. The van der Waals surface area contributed by atoms with Gasteiger partial charge in [-0.1, -0.05) is 24.3 Å². The summed E-state index contributed by atoms with van der Waals surface area (Å²) in [4.78, 5) is 14.2. The molecule has 0 unspecified atom stereocenters. The van der Waals surface area contributed by atoms with Gasteiger partial charge >= 0.3 is 0 Å². The first-order valence-electron chi connectivity index (χ1n) is 7.83. The molecule has 0 fully saturated rings. The zero-order valence-corrected chi connectivity index (χ0v) is 15.0. The highest BCUT2D eigenvalue weighted by Gasteiger charge is 2.19. The Bertz CT molecular complexity index is 1070. The van der Waals surface area contributed by atoms with Gasteiger partial charge in [-0.15, -0.1) is 4.83 Å². The van der Waals surface area contributed by atoms with Crippen LogP contribution in [0.15, 0.2) is 65.8 Å². The smallest absolute Gasteiger partial charge is 0.269 e. The topological polar surface area (TPSA) is 101 Å². The van der Waals surface area contributed by atoms with Crippen LogP contribution in [0, 0.1) is 12.7 Å². The molecule has 0 aliphatic heterocycles. The van der Waals surface area contributed by atoms with Gasteiger partial charge in [0.2, 0.25) is 0 Å². The summed E-state index contributed by atoms with van der Waals surface area (Å²) in [5, 5.41) is 7.41. The van der Waals surface area contributed by atoms with Gasteiger partial charge in [-0.2, -0.15) is 10.2 Å². The first kappa shape index (κ1) is 18.6. The molecule has 2 aromatic carbocycles. The number of nitrogens with one attached hydrogen (secondary N) is 2. The Morgan fingerprint density at radius 2 is 1.78 bits per heavy atom. The van der Waals surface area contributed by atoms with E-state index in [-0.39, 0.29) is 16.0 Å². The van der Waals surface area contributed by atoms with Crippen LogP contribution < -0.4 is 10.3 Å². The molecule has 138 valence electrons. The number of nitrogens with zero attached hydrogens (tertiary/aromatic N) is 2. The van der Waals surface area contributed by atoms with Crippen molar-refractivity contribution in [2.75, 3.05) is 0 Å². The van der Waals surface area contributed by atoms with Crippen LogP contribution in [-0.2, 0) is 10.0 Å². The van der Waals surface area contributed by atoms with E-state index in [9.17, 15) is 17.6 Å². The molecule has 0 atom stereocenters. The average Bonchev–Trinajstić information content (AvgIpc) is 2.69. The Kier molecular flexibility index (Phi) is 5.24. The van der Waals surface area contributed by atoms with E-state index in [2.05, 4.69) is 10.2 Å². The molecular weight excluding hydrogens is 371 g/mol. The number of hydrazine groups is 1. The van der Waals surface area contributed by atoms with Crippen molar-refractivity contribution in [2.45, 2.75) is 11.8 Å². The molecule has 1 amide bonds. The number of hydrogen-bond donors (Lipinski definition) is 2. The second-order valence-corrected chi connectivity index (χ2v) is 7.29. The molecule has 0 saturated carbocycles. The van der Waals surface area contributed by atoms with E-state index in [4.69, 9.17) is 0 Å². The van der Waals surface area contributed by atoms with Crippen LogP contribution >= 0.6 is 0 Å². The van der Waals surface area contributed by atoms with Crippen molar-refractivity contribution in [1.82, 2.24) is 20.5 Å². The lowest BCUT2D eigenvalue weighted by Gasteiger charge is -2.12. The van der Waals surface area contributed by atoms with Crippen molar-refractivity contribution in [1.29, 1.82) is 0 Å². The Morgan fingerprint density at radius 3 is 2.44 bits per heavy atom. The van der Waals surface area contributed by atoms with E-state index in [1.54, 1.807) is 30.3 Å². The highest BCUT2D eigenvalue weighted by Crippen LogP contribution is 2.26.